The van der Waals surface area contributed by atoms with Gasteiger partial charge in [0.1, 0.15) is 11.4 Å². The summed E-state index contributed by atoms with van der Waals surface area (Å²) in [6, 6.07) is 27.9. The molecule has 0 fully saturated rings. The van der Waals surface area contributed by atoms with Crippen LogP contribution in [-0.4, -0.2) is 15.7 Å². The second-order valence-corrected chi connectivity index (χ2v) is 7.60. The SMILES string of the molecule is Cc1cccc(NC(=O)c2cnn3c2NC(c2ccccc2)=C[C@H]3c2ccccc2)c1. The Morgan fingerprint density at radius 3 is 2.45 bits per heavy atom. The summed E-state index contributed by atoms with van der Waals surface area (Å²) in [5.74, 6) is 0.487. The molecule has 0 bridgehead atoms. The minimum Gasteiger partial charge on any atom is -0.339 e. The molecule has 1 aromatic heterocycles. The predicted molar refractivity (Wildman–Crippen MR) is 124 cm³/mol. The first kappa shape index (κ1) is 18.9. The van der Waals surface area contributed by atoms with E-state index in [0.29, 0.717) is 11.4 Å². The van der Waals surface area contributed by atoms with Crippen molar-refractivity contribution in [1.82, 2.24) is 9.78 Å². The molecule has 1 atom stereocenters. The third-order valence-corrected chi connectivity index (χ3v) is 5.38. The summed E-state index contributed by atoms with van der Waals surface area (Å²) in [6.07, 6.45) is 3.78. The summed E-state index contributed by atoms with van der Waals surface area (Å²) < 4.78 is 1.87. The van der Waals surface area contributed by atoms with Crippen LogP contribution < -0.4 is 10.6 Å². The lowest BCUT2D eigenvalue weighted by molar-refractivity contribution is 0.102. The number of benzene rings is 3. The van der Waals surface area contributed by atoms with Gasteiger partial charge in [0.15, 0.2) is 0 Å². The van der Waals surface area contributed by atoms with Gasteiger partial charge in [-0.2, -0.15) is 5.10 Å². The fourth-order valence-corrected chi connectivity index (χ4v) is 3.86. The Morgan fingerprint density at radius 2 is 1.71 bits per heavy atom. The molecule has 0 saturated heterocycles. The number of aromatic nitrogens is 2. The van der Waals surface area contributed by atoms with Crippen molar-refractivity contribution in [2.75, 3.05) is 10.6 Å². The molecule has 0 spiro atoms. The van der Waals surface area contributed by atoms with E-state index < -0.39 is 0 Å². The molecular weight excluding hydrogens is 384 g/mol. The normalized spacial score (nSPS) is 14.9. The molecule has 5 nitrogen and oxygen atoms in total. The average Bonchev–Trinajstić information content (AvgIpc) is 3.24. The zero-order valence-corrected chi connectivity index (χ0v) is 17.1. The van der Waals surface area contributed by atoms with Gasteiger partial charge in [0.05, 0.1) is 12.2 Å². The van der Waals surface area contributed by atoms with Crippen molar-refractivity contribution >= 4 is 23.1 Å². The Labute approximate surface area is 181 Å². The Balaban J connectivity index is 1.55. The van der Waals surface area contributed by atoms with Gasteiger partial charge < -0.3 is 10.6 Å². The van der Waals surface area contributed by atoms with Gasteiger partial charge in [-0.15, -0.1) is 0 Å². The maximum Gasteiger partial charge on any atom is 0.261 e. The molecule has 2 heterocycles. The van der Waals surface area contributed by atoms with E-state index in [9.17, 15) is 4.79 Å². The summed E-state index contributed by atoms with van der Waals surface area (Å²) in [6.45, 7) is 2.00. The third kappa shape index (κ3) is 3.73. The van der Waals surface area contributed by atoms with Crippen LogP contribution in [0.2, 0.25) is 0 Å². The highest BCUT2D eigenvalue weighted by molar-refractivity contribution is 6.08. The van der Waals surface area contributed by atoms with Gasteiger partial charge in [-0.3, -0.25) is 4.79 Å². The molecule has 1 aliphatic rings. The number of hydrogen-bond acceptors (Lipinski definition) is 3. The number of nitrogens with zero attached hydrogens (tertiary/aromatic N) is 2. The van der Waals surface area contributed by atoms with Crippen molar-refractivity contribution in [2.24, 2.45) is 0 Å². The quantitative estimate of drug-likeness (QED) is 0.470. The van der Waals surface area contributed by atoms with Crippen molar-refractivity contribution in [2.45, 2.75) is 13.0 Å². The van der Waals surface area contributed by atoms with Gasteiger partial charge in [0.2, 0.25) is 0 Å². The molecule has 0 unspecified atom stereocenters. The van der Waals surface area contributed by atoms with E-state index in [0.717, 1.165) is 28.1 Å². The fourth-order valence-electron chi connectivity index (χ4n) is 3.86. The Bertz CT molecular complexity index is 1260. The smallest absolute Gasteiger partial charge is 0.261 e. The molecule has 5 rings (SSSR count). The molecule has 1 aliphatic heterocycles. The number of allylic oxidation sites excluding steroid dienone is 1. The molecule has 0 saturated carbocycles. The van der Waals surface area contributed by atoms with Crippen LogP contribution in [0.15, 0.2) is 97.2 Å². The molecule has 2 N–H and O–H groups in total. The topological polar surface area (TPSA) is 59.0 Å². The Morgan fingerprint density at radius 1 is 0.968 bits per heavy atom. The number of fused-ring (bicyclic) bond motifs is 1. The molecule has 31 heavy (non-hydrogen) atoms. The third-order valence-electron chi connectivity index (χ3n) is 5.38. The van der Waals surface area contributed by atoms with Crippen molar-refractivity contribution in [3.8, 4) is 0 Å². The van der Waals surface area contributed by atoms with Crippen LogP contribution in [0.1, 0.15) is 33.1 Å². The number of anilines is 2. The average molecular weight is 406 g/mol. The van der Waals surface area contributed by atoms with Crippen LogP contribution in [0.4, 0.5) is 11.5 Å². The van der Waals surface area contributed by atoms with Crippen molar-refractivity contribution in [1.29, 1.82) is 0 Å². The molecule has 0 radical (unpaired) electrons. The number of carbonyl (C=O) groups is 1. The summed E-state index contributed by atoms with van der Waals surface area (Å²) in [5.41, 5.74) is 5.47. The van der Waals surface area contributed by atoms with E-state index in [-0.39, 0.29) is 11.9 Å². The molecular formula is C26H22N4O. The van der Waals surface area contributed by atoms with Crippen LogP contribution in [0.25, 0.3) is 5.70 Å². The molecule has 4 aromatic rings. The standard InChI is InChI=1S/C26H22N4O/c1-18-9-8-14-21(15-18)28-26(31)22-17-27-30-24(20-12-6-3-7-13-20)16-23(29-25(22)30)19-10-4-2-5-11-19/h2-17,24,29H,1H3,(H,28,31)/t24-/m0/s1. The Kier molecular flexibility index (Phi) is 4.84. The predicted octanol–water partition coefficient (Wildman–Crippen LogP) is 5.50. The fraction of sp³-hybridized carbons (Fsp3) is 0.0769. The van der Waals surface area contributed by atoms with Crippen LogP contribution in [0.5, 0.6) is 0 Å². The molecule has 5 heteroatoms. The number of hydrogen-bond donors (Lipinski definition) is 2. The maximum absolute atomic E-state index is 13.1. The van der Waals surface area contributed by atoms with Crippen LogP contribution in [0, 0.1) is 6.92 Å². The van der Waals surface area contributed by atoms with E-state index in [2.05, 4.69) is 46.1 Å². The first-order valence-electron chi connectivity index (χ1n) is 10.2. The minimum absolute atomic E-state index is 0.117. The van der Waals surface area contributed by atoms with Gasteiger partial charge in [-0.25, -0.2) is 4.68 Å². The lowest BCUT2D eigenvalue weighted by Crippen LogP contribution is -2.22. The number of amides is 1. The van der Waals surface area contributed by atoms with E-state index in [4.69, 9.17) is 0 Å². The van der Waals surface area contributed by atoms with Crippen LogP contribution in [-0.2, 0) is 0 Å². The molecule has 152 valence electrons. The maximum atomic E-state index is 13.1. The monoisotopic (exact) mass is 406 g/mol. The first-order valence-corrected chi connectivity index (χ1v) is 10.2. The number of rotatable bonds is 4. The zero-order valence-electron chi connectivity index (χ0n) is 17.1. The molecule has 1 amide bonds. The summed E-state index contributed by atoms with van der Waals surface area (Å²) in [5, 5.41) is 11.0. The summed E-state index contributed by atoms with van der Waals surface area (Å²) >= 11 is 0. The van der Waals surface area contributed by atoms with Crippen molar-refractivity contribution < 1.29 is 4.79 Å². The van der Waals surface area contributed by atoms with Gasteiger partial charge in [-0.1, -0.05) is 72.8 Å². The lowest BCUT2D eigenvalue weighted by atomic mass is 10.0. The summed E-state index contributed by atoms with van der Waals surface area (Å²) in [4.78, 5) is 13.1. The first-order chi connectivity index (χ1) is 15.2. The second-order valence-electron chi connectivity index (χ2n) is 7.60. The highest BCUT2D eigenvalue weighted by Crippen LogP contribution is 2.35. The van der Waals surface area contributed by atoms with Gasteiger partial charge in [0.25, 0.3) is 5.91 Å². The van der Waals surface area contributed by atoms with E-state index in [1.165, 1.54) is 0 Å². The highest BCUT2D eigenvalue weighted by Gasteiger charge is 2.27. The van der Waals surface area contributed by atoms with Gasteiger partial charge >= 0.3 is 0 Å². The second kappa shape index (κ2) is 7.95. The number of aryl methyl sites for hydroxylation is 1. The van der Waals surface area contributed by atoms with Crippen molar-refractivity contribution in [3.63, 3.8) is 0 Å². The number of nitrogens with one attached hydrogen (secondary N) is 2. The Hall–Kier alpha value is -4.12. The van der Waals surface area contributed by atoms with Gasteiger partial charge in [0, 0.05) is 11.4 Å². The molecule has 3 aromatic carbocycles. The summed E-state index contributed by atoms with van der Waals surface area (Å²) in [7, 11) is 0. The van der Waals surface area contributed by atoms with E-state index in [1.807, 2.05) is 72.3 Å². The lowest BCUT2D eigenvalue weighted by Gasteiger charge is -2.26. The zero-order chi connectivity index (χ0) is 21.2. The number of carbonyl (C=O) groups excluding carboxylic acids is 1. The van der Waals surface area contributed by atoms with E-state index >= 15 is 0 Å². The highest BCUT2D eigenvalue weighted by atomic mass is 16.1. The van der Waals surface area contributed by atoms with E-state index in [1.54, 1.807) is 6.20 Å². The van der Waals surface area contributed by atoms with Crippen LogP contribution in [0.3, 0.4) is 0 Å². The van der Waals surface area contributed by atoms with Crippen molar-refractivity contribution in [3.05, 3.63) is 119 Å². The van der Waals surface area contributed by atoms with Crippen LogP contribution >= 0.6 is 0 Å². The molecule has 0 aliphatic carbocycles. The van der Waals surface area contributed by atoms with Gasteiger partial charge in [-0.05, 0) is 41.8 Å². The largest absolute Gasteiger partial charge is 0.339 e. The minimum atomic E-state index is -0.194.